The fourth-order valence-corrected chi connectivity index (χ4v) is 2.86. The van der Waals surface area contributed by atoms with Crippen LogP contribution in [0.3, 0.4) is 0 Å². The molecule has 2 aromatic carbocycles. The minimum atomic E-state index is -0.501. The van der Waals surface area contributed by atoms with E-state index in [-0.39, 0.29) is 18.2 Å². The summed E-state index contributed by atoms with van der Waals surface area (Å²) in [5.41, 5.74) is 2.48. The number of carbonyl (C=O) groups excluding carboxylic acids is 2. The predicted molar refractivity (Wildman–Crippen MR) is 91.6 cm³/mol. The fraction of sp³-hybridized carbons (Fsp3) is 0.222. The highest BCUT2D eigenvalue weighted by atomic mass is 16.2. The number of fused-ring (bicyclic) bond motifs is 1. The molecule has 0 fully saturated rings. The van der Waals surface area contributed by atoms with Crippen LogP contribution in [0, 0.1) is 0 Å². The zero-order chi connectivity index (χ0) is 16.2. The van der Waals surface area contributed by atoms with E-state index in [0.717, 1.165) is 17.1 Å². The van der Waals surface area contributed by atoms with Gasteiger partial charge in [0.25, 0.3) is 0 Å². The second kappa shape index (κ2) is 6.52. The van der Waals surface area contributed by atoms with E-state index < -0.39 is 6.04 Å². The summed E-state index contributed by atoms with van der Waals surface area (Å²) in [6.45, 7) is 2.64. The Morgan fingerprint density at radius 3 is 2.57 bits per heavy atom. The van der Waals surface area contributed by atoms with Crippen LogP contribution in [0.5, 0.6) is 0 Å². The highest BCUT2D eigenvalue weighted by Crippen LogP contribution is 2.32. The summed E-state index contributed by atoms with van der Waals surface area (Å²) in [7, 11) is 0. The molecule has 23 heavy (non-hydrogen) atoms. The van der Waals surface area contributed by atoms with Crippen molar-refractivity contribution < 1.29 is 9.59 Å². The monoisotopic (exact) mass is 309 g/mol. The van der Waals surface area contributed by atoms with Crippen LogP contribution in [0.1, 0.15) is 13.3 Å². The van der Waals surface area contributed by atoms with Crippen LogP contribution in [0.25, 0.3) is 0 Å². The average Bonchev–Trinajstić information content (AvgIpc) is 2.56. The smallest absolute Gasteiger partial charge is 0.247 e. The fourth-order valence-electron chi connectivity index (χ4n) is 2.86. The van der Waals surface area contributed by atoms with Gasteiger partial charge in [0, 0.05) is 12.2 Å². The van der Waals surface area contributed by atoms with E-state index in [0.29, 0.717) is 6.54 Å². The average molecular weight is 309 g/mol. The molecule has 1 aliphatic heterocycles. The van der Waals surface area contributed by atoms with Crippen molar-refractivity contribution in [2.45, 2.75) is 19.4 Å². The molecule has 1 aliphatic rings. The number of benzene rings is 2. The van der Waals surface area contributed by atoms with Gasteiger partial charge >= 0.3 is 0 Å². The summed E-state index contributed by atoms with van der Waals surface area (Å²) in [4.78, 5) is 26.6. The van der Waals surface area contributed by atoms with Crippen LogP contribution in [-0.4, -0.2) is 24.4 Å². The summed E-state index contributed by atoms with van der Waals surface area (Å²) in [6.07, 6.45) is 0.114. The van der Waals surface area contributed by atoms with Crippen molar-refractivity contribution in [2.24, 2.45) is 0 Å². The molecule has 2 aromatic rings. The van der Waals surface area contributed by atoms with Gasteiger partial charge in [-0.2, -0.15) is 0 Å². The van der Waals surface area contributed by atoms with E-state index in [1.165, 1.54) is 0 Å². The Morgan fingerprint density at radius 2 is 1.83 bits per heavy atom. The van der Waals surface area contributed by atoms with E-state index in [2.05, 4.69) is 10.6 Å². The molecule has 0 aliphatic carbocycles. The number of hydrogen-bond donors (Lipinski definition) is 2. The second-order valence-electron chi connectivity index (χ2n) is 5.43. The van der Waals surface area contributed by atoms with Gasteiger partial charge in [0.2, 0.25) is 11.8 Å². The van der Waals surface area contributed by atoms with Crippen molar-refractivity contribution in [1.29, 1.82) is 0 Å². The van der Waals surface area contributed by atoms with E-state index in [4.69, 9.17) is 0 Å². The van der Waals surface area contributed by atoms with Gasteiger partial charge in [0.1, 0.15) is 6.04 Å². The number of amides is 2. The molecule has 0 bridgehead atoms. The van der Waals surface area contributed by atoms with E-state index in [1.54, 1.807) is 0 Å². The molecule has 1 heterocycles. The molecule has 118 valence electrons. The van der Waals surface area contributed by atoms with E-state index >= 15 is 0 Å². The van der Waals surface area contributed by atoms with Crippen molar-refractivity contribution in [3.05, 3.63) is 54.6 Å². The van der Waals surface area contributed by atoms with Crippen molar-refractivity contribution in [2.75, 3.05) is 22.1 Å². The maximum atomic E-state index is 12.4. The summed E-state index contributed by atoms with van der Waals surface area (Å²) >= 11 is 0. The van der Waals surface area contributed by atoms with Gasteiger partial charge in [-0.05, 0) is 31.2 Å². The minimum absolute atomic E-state index is 0.114. The Morgan fingerprint density at radius 1 is 1.13 bits per heavy atom. The highest BCUT2D eigenvalue weighted by Gasteiger charge is 2.33. The summed E-state index contributed by atoms with van der Waals surface area (Å²) < 4.78 is 0. The summed E-state index contributed by atoms with van der Waals surface area (Å²) in [5, 5.41) is 5.72. The Labute approximate surface area is 135 Å². The topological polar surface area (TPSA) is 61.4 Å². The van der Waals surface area contributed by atoms with Gasteiger partial charge in [-0.1, -0.05) is 30.3 Å². The largest absolute Gasteiger partial charge is 0.358 e. The number of rotatable bonds is 4. The second-order valence-corrected chi connectivity index (χ2v) is 5.43. The Kier molecular flexibility index (Phi) is 4.28. The van der Waals surface area contributed by atoms with Gasteiger partial charge in [-0.3, -0.25) is 9.59 Å². The number of hydrogen-bond acceptors (Lipinski definition) is 3. The van der Waals surface area contributed by atoms with Crippen LogP contribution in [0.15, 0.2) is 54.6 Å². The first-order chi connectivity index (χ1) is 11.2. The van der Waals surface area contributed by atoms with Crippen molar-refractivity contribution in [3.8, 4) is 0 Å². The van der Waals surface area contributed by atoms with Crippen molar-refractivity contribution >= 4 is 28.9 Å². The molecule has 0 saturated carbocycles. The zero-order valence-electron chi connectivity index (χ0n) is 13.0. The first-order valence-electron chi connectivity index (χ1n) is 7.70. The molecule has 0 unspecified atom stereocenters. The van der Waals surface area contributed by atoms with Crippen LogP contribution >= 0.6 is 0 Å². The lowest BCUT2D eigenvalue weighted by Gasteiger charge is -2.37. The molecular weight excluding hydrogens is 290 g/mol. The number of carbonyl (C=O) groups is 2. The molecule has 2 N–H and O–H groups in total. The van der Waals surface area contributed by atoms with E-state index in [1.807, 2.05) is 66.4 Å². The molecular formula is C18H19N3O2. The molecule has 1 atom stereocenters. The summed E-state index contributed by atoms with van der Waals surface area (Å²) in [6, 6.07) is 16.4. The lowest BCUT2D eigenvalue weighted by atomic mass is 10.0. The number of para-hydroxylation sites is 3. The van der Waals surface area contributed by atoms with Gasteiger partial charge in [-0.25, -0.2) is 0 Å². The van der Waals surface area contributed by atoms with Crippen LogP contribution < -0.4 is 15.5 Å². The predicted octanol–water partition coefficient (Wildman–Crippen LogP) is 2.86. The molecule has 0 radical (unpaired) electrons. The molecule has 5 nitrogen and oxygen atoms in total. The van der Waals surface area contributed by atoms with Crippen LogP contribution in [0.4, 0.5) is 17.1 Å². The number of anilines is 3. The van der Waals surface area contributed by atoms with Crippen LogP contribution in [0.2, 0.25) is 0 Å². The lowest BCUT2D eigenvalue weighted by Crippen LogP contribution is -2.49. The third-order valence-corrected chi connectivity index (χ3v) is 3.93. The third-order valence-electron chi connectivity index (χ3n) is 3.93. The first-order valence-corrected chi connectivity index (χ1v) is 7.70. The molecule has 0 saturated heterocycles. The number of nitrogens with one attached hydrogen (secondary N) is 2. The molecule has 2 amide bonds. The van der Waals surface area contributed by atoms with E-state index in [9.17, 15) is 9.59 Å². The van der Waals surface area contributed by atoms with Gasteiger partial charge in [0.15, 0.2) is 0 Å². The Balaban J connectivity index is 1.76. The third kappa shape index (κ3) is 3.18. The van der Waals surface area contributed by atoms with Crippen molar-refractivity contribution in [3.63, 3.8) is 0 Å². The molecule has 5 heteroatoms. The zero-order valence-corrected chi connectivity index (χ0v) is 13.0. The van der Waals surface area contributed by atoms with Gasteiger partial charge in [-0.15, -0.1) is 0 Å². The van der Waals surface area contributed by atoms with Crippen LogP contribution in [-0.2, 0) is 9.59 Å². The van der Waals surface area contributed by atoms with Gasteiger partial charge in [0.05, 0.1) is 17.8 Å². The van der Waals surface area contributed by atoms with Gasteiger partial charge < -0.3 is 15.5 Å². The minimum Gasteiger partial charge on any atom is -0.358 e. The number of nitrogens with zero attached hydrogens (tertiary/aromatic N) is 1. The molecule has 0 spiro atoms. The standard InChI is InChI=1S/C18H19N3O2/c1-2-21-15-11-7-6-10-14(15)20-18(23)16(21)12-17(22)19-13-8-4-3-5-9-13/h3-11,16H,2,12H2,1H3,(H,19,22)(H,20,23)/t16-/m0/s1. The highest BCUT2D eigenvalue weighted by molar-refractivity contribution is 6.06. The SMILES string of the molecule is CCN1c2ccccc2NC(=O)[C@@H]1CC(=O)Nc1ccccc1. The Bertz CT molecular complexity index is 715. The van der Waals surface area contributed by atoms with Crippen molar-refractivity contribution in [1.82, 2.24) is 0 Å². The molecule has 3 rings (SSSR count). The normalized spacial score (nSPS) is 16.5. The lowest BCUT2D eigenvalue weighted by molar-refractivity contribution is -0.122. The maximum absolute atomic E-state index is 12.4. The molecule has 0 aromatic heterocycles. The summed E-state index contributed by atoms with van der Waals surface area (Å²) in [5.74, 6) is -0.317. The maximum Gasteiger partial charge on any atom is 0.247 e. The first kappa shape index (κ1) is 15.1. The quantitative estimate of drug-likeness (QED) is 0.913. The Hall–Kier alpha value is -2.82. The number of likely N-dealkylation sites (N-methyl/N-ethyl adjacent to an activating group) is 1.